The van der Waals surface area contributed by atoms with E-state index < -0.39 is 12.5 Å². The molecule has 66 valence electrons. The van der Waals surface area contributed by atoms with Gasteiger partial charge in [-0.05, 0) is 18.9 Å². The Balaban J connectivity index is 3.79. The molecule has 0 aromatic carbocycles. The Labute approximate surface area is 66.0 Å². The van der Waals surface area contributed by atoms with Gasteiger partial charge in [0.05, 0.1) is 6.26 Å². The predicted molar refractivity (Wildman–Crippen MR) is 40.6 cm³/mol. The van der Waals surface area contributed by atoms with Gasteiger partial charge in [0.15, 0.2) is 0 Å². The molecule has 0 fully saturated rings. The van der Waals surface area contributed by atoms with Crippen LogP contribution in [0.1, 0.15) is 27.2 Å². The fraction of sp³-hybridized carbons (Fsp3) is 0.750. The van der Waals surface area contributed by atoms with E-state index in [2.05, 4.69) is 4.74 Å². The first-order valence-electron chi connectivity index (χ1n) is 3.68. The molecule has 0 radical (unpaired) electrons. The highest BCUT2D eigenvalue weighted by atomic mass is 19.1. The molecule has 0 rings (SSSR count). The van der Waals surface area contributed by atoms with E-state index in [0.29, 0.717) is 12.0 Å². The summed E-state index contributed by atoms with van der Waals surface area (Å²) in [5, 5.41) is 0. The third kappa shape index (κ3) is 4.76. The predicted octanol–water partition coefficient (Wildman–Crippen LogP) is 2.97. The number of halogens is 2. The molecule has 0 saturated heterocycles. The lowest BCUT2D eigenvalue weighted by Crippen LogP contribution is -2.02. The monoisotopic (exact) mass is 164 g/mol. The van der Waals surface area contributed by atoms with Crippen LogP contribution in [-0.4, -0.2) is 12.5 Å². The average Bonchev–Trinajstić information content (AvgIpc) is 1.98. The molecule has 1 nitrogen and oxygen atoms in total. The minimum absolute atomic E-state index is 0.395. The molecule has 11 heavy (non-hydrogen) atoms. The molecule has 0 N–H and O–H groups in total. The lowest BCUT2D eigenvalue weighted by molar-refractivity contribution is 0.0394. The van der Waals surface area contributed by atoms with Gasteiger partial charge in [-0.2, -0.15) is 0 Å². The molecule has 3 heteroatoms. The second-order valence-corrected chi connectivity index (χ2v) is 2.42. The van der Waals surface area contributed by atoms with Crippen LogP contribution in [0.4, 0.5) is 8.78 Å². The van der Waals surface area contributed by atoms with Gasteiger partial charge >= 0.3 is 0 Å². The summed E-state index contributed by atoms with van der Waals surface area (Å²) in [6.45, 7) is 4.56. The van der Waals surface area contributed by atoms with E-state index >= 15 is 0 Å². The Morgan fingerprint density at radius 3 is 2.45 bits per heavy atom. The summed E-state index contributed by atoms with van der Waals surface area (Å²) in [6.07, 6.45) is -0.853. The largest absolute Gasteiger partial charge is 0.468 e. The van der Waals surface area contributed by atoms with E-state index in [1.165, 1.54) is 6.92 Å². The molecule has 0 amide bonds. The van der Waals surface area contributed by atoms with Crippen molar-refractivity contribution in [3.63, 3.8) is 0 Å². The number of hydrogen-bond donors (Lipinski definition) is 0. The summed E-state index contributed by atoms with van der Waals surface area (Å²) >= 11 is 0. The maximum absolute atomic E-state index is 12.7. The first-order chi connectivity index (χ1) is 5.07. The smallest absolute Gasteiger partial charge is 0.234 e. The summed E-state index contributed by atoms with van der Waals surface area (Å²) in [5.74, 6) is 0. The first kappa shape index (κ1) is 10.4. The topological polar surface area (TPSA) is 9.23 Å². The molecule has 0 aromatic rings. The zero-order valence-electron chi connectivity index (χ0n) is 7.10. The van der Waals surface area contributed by atoms with Crippen LogP contribution in [0.15, 0.2) is 11.8 Å². The third-order valence-corrected chi connectivity index (χ3v) is 1.29. The summed E-state index contributed by atoms with van der Waals surface area (Å²) in [5.41, 5.74) is 0.428. The summed E-state index contributed by atoms with van der Waals surface area (Å²) in [4.78, 5) is 0. The van der Waals surface area contributed by atoms with Crippen molar-refractivity contribution >= 4 is 0 Å². The first-order valence-corrected chi connectivity index (χ1v) is 3.68. The van der Waals surface area contributed by atoms with Crippen molar-refractivity contribution in [2.24, 2.45) is 0 Å². The molecule has 0 bridgehead atoms. The van der Waals surface area contributed by atoms with Gasteiger partial charge in [0.25, 0.3) is 0 Å². The highest BCUT2D eigenvalue weighted by Crippen LogP contribution is 2.10. The van der Waals surface area contributed by atoms with Crippen LogP contribution in [0.5, 0.6) is 0 Å². The SMILES string of the molecule is CC[C@H](F)/C(C)=C/OC(C)F. The van der Waals surface area contributed by atoms with Crippen LogP contribution in [0.25, 0.3) is 0 Å². The van der Waals surface area contributed by atoms with E-state index in [-0.39, 0.29) is 0 Å². The van der Waals surface area contributed by atoms with E-state index in [0.717, 1.165) is 6.26 Å². The standard InChI is InChI=1S/C8H14F2O/c1-4-8(10)6(2)5-11-7(3)9/h5,7-8H,4H2,1-3H3/b6-5+/t7?,8-/m0/s1. The van der Waals surface area contributed by atoms with Crippen LogP contribution >= 0.6 is 0 Å². The highest BCUT2D eigenvalue weighted by molar-refractivity contribution is 5.00. The van der Waals surface area contributed by atoms with Crippen LogP contribution < -0.4 is 0 Å². The highest BCUT2D eigenvalue weighted by Gasteiger charge is 2.05. The number of hydrogen-bond acceptors (Lipinski definition) is 1. The fourth-order valence-electron chi connectivity index (χ4n) is 0.597. The Morgan fingerprint density at radius 2 is 2.09 bits per heavy atom. The van der Waals surface area contributed by atoms with Gasteiger partial charge in [0.2, 0.25) is 6.36 Å². The molecule has 0 aliphatic heterocycles. The van der Waals surface area contributed by atoms with Crippen molar-refractivity contribution in [3.8, 4) is 0 Å². The maximum Gasteiger partial charge on any atom is 0.234 e. The zero-order valence-corrected chi connectivity index (χ0v) is 7.10. The number of rotatable bonds is 4. The van der Waals surface area contributed by atoms with Crippen LogP contribution in [0, 0.1) is 0 Å². The molecule has 0 saturated carbocycles. The van der Waals surface area contributed by atoms with Crippen molar-refractivity contribution in [2.45, 2.75) is 39.7 Å². The third-order valence-electron chi connectivity index (χ3n) is 1.29. The van der Waals surface area contributed by atoms with Crippen molar-refractivity contribution < 1.29 is 13.5 Å². The van der Waals surface area contributed by atoms with Crippen molar-refractivity contribution in [1.29, 1.82) is 0 Å². The molecular weight excluding hydrogens is 150 g/mol. The normalized spacial score (nSPS) is 17.7. The zero-order chi connectivity index (χ0) is 8.85. The average molecular weight is 164 g/mol. The minimum Gasteiger partial charge on any atom is -0.468 e. The summed E-state index contributed by atoms with van der Waals surface area (Å²) < 4.78 is 29.2. The van der Waals surface area contributed by atoms with Gasteiger partial charge in [-0.25, -0.2) is 8.78 Å². The summed E-state index contributed by atoms with van der Waals surface area (Å²) in [6, 6.07) is 0. The van der Waals surface area contributed by atoms with Crippen molar-refractivity contribution in [3.05, 3.63) is 11.8 Å². The maximum atomic E-state index is 12.7. The lowest BCUT2D eigenvalue weighted by Gasteiger charge is -2.06. The molecule has 0 spiro atoms. The number of ether oxygens (including phenoxy) is 1. The van der Waals surface area contributed by atoms with Crippen LogP contribution in [-0.2, 0) is 4.74 Å². The van der Waals surface area contributed by atoms with Gasteiger partial charge in [0.1, 0.15) is 6.17 Å². The quantitative estimate of drug-likeness (QED) is 0.580. The lowest BCUT2D eigenvalue weighted by atomic mass is 10.2. The number of alkyl halides is 2. The van der Waals surface area contributed by atoms with Crippen LogP contribution in [0.2, 0.25) is 0 Å². The molecule has 0 aromatic heterocycles. The second-order valence-electron chi connectivity index (χ2n) is 2.42. The van der Waals surface area contributed by atoms with E-state index in [1.54, 1.807) is 13.8 Å². The molecular formula is C8H14F2O. The molecule has 0 aliphatic carbocycles. The Bertz CT molecular complexity index is 132. The fourth-order valence-corrected chi connectivity index (χ4v) is 0.597. The molecule has 2 atom stereocenters. The van der Waals surface area contributed by atoms with Crippen molar-refractivity contribution in [1.82, 2.24) is 0 Å². The Morgan fingerprint density at radius 1 is 1.55 bits per heavy atom. The number of allylic oxidation sites excluding steroid dienone is 1. The summed E-state index contributed by atoms with van der Waals surface area (Å²) in [7, 11) is 0. The molecule has 0 aliphatic rings. The van der Waals surface area contributed by atoms with Gasteiger partial charge in [-0.3, -0.25) is 0 Å². The minimum atomic E-state index is -1.37. The van der Waals surface area contributed by atoms with Gasteiger partial charge in [0, 0.05) is 6.92 Å². The van der Waals surface area contributed by atoms with E-state index in [1.807, 2.05) is 0 Å². The van der Waals surface area contributed by atoms with Gasteiger partial charge in [-0.1, -0.05) is 6.92 Å². The van der Waals surface area contributed by atoms with E-state index in [4.69, 9.17) is 0 Å². The van der Waals surface area contributed by atoms with E-state index in [9.17, 15) is 8.78 Å². The Hall–Kier alpha value is -0.600. The van der Waals surface area contributed by atoms with Gasteiger partial charge < -0.3 is 4.74 Å². The van der Waals surface area contributed by atoms with Crippen molar-refractivity contribution in [2.75, 3.05) is 0 Å². The second kappa shape index (κ2) is 5.10. The Kier molecular flexibility index (Phi) is 4.83. The van der Waals surface area contributed by atoms with Gasteiger partial charge in [-0.15, -0.1) is 0 Å². The molecule has 0 heterocycles. The molecule has 1 unspecified atom stereocenters. The van der Waals surface area contributed by atoms with Crippen LogP contribution in [0.3, 0.4) is 0 Å².